The van der Waals surface area contributed by atoms with Crippen molar-refractivity contribution in [2.75, 3.05) is 24.6 Å². The first-order valence-corrected chi connectivity index (χ1v) is 6.63. The van der Waals surface area contributed by atoms with Crippen molar-refractivity contribution in [1.82, 2.24) is 0 Å². The minimum Gasteiger partial charge on any atom is -0.465 e. The highest BCUT2D eigenvalue weighted by Gasteiger charge is 2.25. The molecular weight excluding hydrogens is 274 g/mol. The highest BCUT2D eigenvalue weighted by atomic mass is 16.6. The fourth-order valence-corrected chi connectivity index (χ4v) is 1.99. The topological polar surface area (TPSA) is 96.5 Å². The zero-order valence-corrected chi connectivity index (χ0v) is 12.0. The molecule has 1 aromatic rings. The Balaban J connectivity index is 3.22. The summed E-state index contributed by atoms with van der Waals surface area (Å²) in [5.41, 5.74) is -0.0471. The summed E-state index contributed by atoms with van der Waals surface area (Å²) < 4.78 is 4.88. The molecule has 0 spiro atoms. The van der Waals surface area contributed by atoms with E-state index in [9.17, 15) is 14.9 Å². The minimum absolute atomic E-state index is 0.0255. The summed E-state index contributed by atoms with van der Waals surface area (Å²) in [7, 11) is 0. The molecule has 0 radical (unpaired) electrons. The van der Waals surface area contributed by atoms with Gasteiger partial charge in [-0.2, -0.15) is 5.26 Å². The molecule has 0 atom stereocenters. The lowest BCUT2D eigenvalue weighted by Gasteiger charge is -2.23. The summed E-state index contributed by atoms with van der Waals surface area (Å²) in [4.78, 5) is 23.8. The van der Waals surface area contributed by atoms with Crippen molar-refractivity contribution in [2.45, 2.75) is 20.3 Å². The van der Waals surface area contributed by atoms with Gasteiger partial charge in [0.2, 0.25) is 0 Å². The van der Waals surface area contributed by atoms with Crippen molar-refractivity contribution in [2.24, 2.45) is 0 Å². The zero-order chi connectivity index (χ0) is 15.8. The third-order valence-corrected chi connectivity index (χ3v) is 2.78. The average Bonchev–Trinajstić information content (AvgIpc) is 2.46. The Kier molecular flexibility index (Phi) is 6.14. The Hall–Kier alpha value is -2.62. The van der Waals surface area contributed by atoms with E-state index >= 15 is 0 Å². The van der Waals surface area contributed by atoms with Crippen LogP contribution in [0.3, 0.4) is 0 Å². The third-order valence-electron chi connectivity index (χ3n) is 2.78. The largest absolute Gasteiger partial charge is 0.465 e. The van der Waals surface area contributed by atoms with Gasteiger partial charge in [-0.3, -0.25) is 14.9 Å². The zero-order valence-electron chi connectivity index (χ0n) is 12.0. The molecule has 1 rings (SSSR count). The Morgan fingerprint density at radius 3 is 2.71 bits per heavy atom. The summed E-state index contributed by atoms with van der Waals surface area (Å²) >= 11 is 0. The van der Waals surface area contributed by atoms with Crippen LogP contribution in [0.2, 0.25) is 0 Å². The Labute approximate surface area is 122 Å². The monoisotopic (exact) mass is 291 g/mol. The number of nitro groups is 1. The summed E-state index contributed by atoms with van der Waals surface area (Å²) in [5, 5.41) is 20.2. The number of hydrogen-bond donors (Lipinski definition) is 0. The van der Waals surface area contributed by atoms with Crippen LogP contribution in [0.4, 0.5) is 11.4 Å². The van der Waals surface area contributed by atoms with Crippen LogP contribution in [-0.2, 0) is 9.53 Å². The molecule has 112 valence electrons. The predicted molar refractivity (Wildman–Crippen MR) is 76.9 cm³/mol. The predicted octanol–water partition coefficient (Wildman–Crippen LogP) is 2.25. The number of anilines is 1. The molecular formula is C14H17N3O4. The molecule has 0 bridgehead atoms. The van der Waals surface area contributed by atoms with Crippen LogP contribution in [0.1, 0.15) is 25.8 Å². The van der Waals surface area contributed by atoms with E-state index in [1.807, 2.05) is 13.0 Å². The van der Waals surface area contributed by atoms with Crippen molar-refractivity contribution in [1.29, 1.82) is 5.26 Å². The van der Waals surface area contributed by atoms with Gasteiger partial charge in [-0.05, 0) is 25.5 Å². The number of benzene rings is 1. The number of carbonyl (C=O) groups is 1. The highest BCUT2D eigenvalue weighted by molar-refractivity contribution is 5.79. The summed E-state index contributed by atoms with van der Waals surface area (Å²) in [6.45, 7) is 4.21. The van der Waals surface area contributed by atoms with E-state index in [-0.39, 0.29) is 30.1 Å². The van der Waals surface area contributed by atoms with Crippen LogP contribution in [0, 0.1) is 21.4 Å². The molecule has 7 nitrogen and oxygen atoms in total. The van der Waals surface area contributed by atoms with E-state index in [1.165, 1.54) is 12.1 Å². The Morgan fingerprint density at radius 1 is 1.48 bits per heavy atom. The molecule has 0 aliphatic carbocycles. The smallest absolute Gasteiger partial charge is 0.325 e. The number of nitrogens with zero attached hydrogens (tertiary/aromatic N) is 3. The first-order chi connectivity index (χ1) is 10.0. The van der Waals surface area contributed by atoms with Gasteiger partial charge in [0.25, 0.3) is 0 Å². The maximum atomic E-state index is 11.6. The van der Waals surface area contributed by atoms with Crippen LogP contribution in [0.25, 0.3) is 0 Å². The van der Waals surface area contributed by atoms with E-state index < -0.39 is 10.9 Å². The van der Waals surface area contributed by atoms with E-state index in [4.69, 9.17) is 10.00 Å². The molecule has 0 unspecified atom stereocenters. The Bertz CT molecular complexity index is 566. The number of para-hydroxylation sites is 1. The number of nitriles is 1. The maximum Gasteiger partial charge on any atom is 0.325 e. The van der Waals surface area contributed by atoms with Crippen molar-refractivity contribution >= 4 is 17.3 Å². The average molecular weight is 291 g/mol. The molecule has 21 heavy (non-hydrogen) atoms. The van der Waals surface area contributed by atoms with Gasteiger partial charge in [-0.25, -0.2) is 0 Å². The molecule has 0 amide bonds. The SMILES string of the molecule is CCCN(CC(=O)OCC)c1cccc(C#N)c1[N+](=O)[O-]. The molecule has 7 heteroatoms. The lowest BCUT2D eigenvalue weighted by molar-refractivity contribution is -0.384. The van der Waals surface area contributed by atoms with Gasteiger partial charge in [0.05, 0.1) is 11.5 Å². The quantitative estimate of drug-likeness (QED) is 0.434. The maximum absolute atomic E-state index is 11.6. The van der Waals surface area contributed by atoms with Gasteiger partial charge in [0, 0.05) is 6.54 Å². The van der Waals surface area contributed by atoms with E-state index in [1.54, 1.807) is 17.9 Å². The third kappa shape index (κ3) is 4.18. The first-order valence-electron chi connectivity index (χ1n) is 6.63. The number of hydrogen-bond acceptors (Lipinski definition) is 6. The lowest BCUT2D eigenvalue weighted by atomic mass is 10.1. The molecule has 0 saturated heterocycles. The van der Waals surface area contributed by atoms with Gasteiger partial charge < -0.3 is 9.64 Å². The molecule has 0 heterocycles. The standard InChI is InChI=1S/C14H17N3O4/c1-3-8-16(10-13(18)21-4-2)12-7-5-6-11(9-15)14(12)17(19)20/h5-7H,3-4,8,10H2,1-2H3. The Morgan fingerprint density at radius 2 is 2.19 bits per heavy atom. The molecule has 0 fully saturated rings. The number of ether oxygens (including phenoxy) is 1. The second kappa shape index (κ2) is 7.85. The molecule has 0 aromatic heterocycles. The van der Waals surface area contributed by atoms with Gasteiger partial charge in [-0.15, -0.1) is 0 Å². The minimum atomic E-state index is -0.596. The van der Waals surface area contributed by atoms with Crippen molar-refractivity contribution < 1.29 is 14.5 Å². The van der Waals surface area contributed by atoms with Gasteiger partial charge in [-0.1, -0.05) is 13.0 Å². The second-order valence-electron chi connectivity index (χ2n) is 4.27. The highest BCUT2D eigenvalue weighted by Crippen LogP contribution is 2.31. The number of nitro benzene ring substituents is 1. The van der Waals surface area contributed by atoms with Crippen molar-refractivity contribution in [3.8, 4) is 6.07 Å². The molecule has 0 saturated carbocycles. The number of carbonyl (C=O) groups excluding carboxylic acids is 1. The normalized spacial score (nSPS) is 9.76. The summed E-state index contributed by atoms with van der Waals surface area (Å²) in [6.07, 6.45) is 0.702. The van der Waals surface area contributed by atoms with Crippen LogP contribution in [-0.4, -0.2) is 30.6 Å². The van der Waals surface area contributed by atoms with E-state index in [0.717, 1.165) is 0 Å². The number of rotatable bonds is 7. The van der Waals surface area contributed by atoms with Crippen molar-refractivity contribution in [3.63, 3.8) is 0 Å². The fraction of sp³-hybridized carbons (Fsp3) is 0.429. The van der Waals surface area contributed by atoms with Crippen LogP contribution in [0.5, 0.6) is 0 Å². The van der Waals surface area contributed by atoms with Crippen molar-refractivity contribution in [3.05, 3.63) is 33.9 Å². The van der Waals surface area contributed by atoms with Crippen LogP contribution >= 0.6 is 0 Å². The van der Waals surface area contributed by atoms with E-state index in [0.29, 0.717) is 13.0 Å². The molecule has 1 aromatic carbocycles. The number of esters is 1. The second-order valence-corrected chi connectivity index (χ2v) is 4.27. The molecule has 0 aliphatic heterocycles. The van der Waals surface area contributed by atoms with Gasteiger partial charge in [0.1, 0.15) is 23.9 Å². The fourth-order valence-electron chi connectivity index (χ4n) is 1.99. The summed E-state index contributed by atoms with van der Waals surface area (Å²) in [5.74, 6) is -0.456. The van der Waals surface area contributed by atoms with Gasteiger partial charge >= 0.3 is 11.7 Å². The van der Waals surface area contributed by atoms with Crippen LogP contribution in [0.15, 0.2) is 18.2 Å². The lowest BCUT2D eigenvalue weighted by Crippen LogP contribution is -2.32. The van der Waals surface area contributed by atoms with Crippen LogP contribution < -0.4 is 4.90 Å². The van der Waals surface area contributed by atoms with E-state index in [2.05, 4.69) is 0 Å². The van der Waals surface area contributed by atoms with Gasteiger partial charge in [0.15, 0.2) is 0 Å². The molecule has 0 aliphatic rings. The first kappa shape index (κ1) is 16.4. The molecule has 0 N–H and O–H groups in total. The summed E-state index contributed by atoms with van der Waals surface area (Å²) in [6, 6.07) is 6.29.